The van der Waals surface area contributed by atoms with E-state index in [-0.39, 0.29) is 53.4 Å². The van der Waals surface area contributed by atoms with E-state index in [1.807, 2.05) is 12.1 Å². The molecule has 2 N–H and O–H groups in total. The number of carbonyl (C=O) groups excluding carboxylic acids is 2. The number of aliphatic hydroxyl groups is 1. The molecule has 0 radical (unpaired) electrons. The third kappa shape index (κ3) is 5.16. The minimum atomic E-state index is -0.746. The molecule has 5 heterocycles. The summed E-state index contributed by atoms with van der Waals surface area (Å²) >= 11 is 0. The van der Waals surface area contributed by atoms with Gasteiger partial charge < -0.3 is 29.5 Å². The van der Waals surface area contributed by atoms with E-state index < -0.39 is 24.1 Å². The lowest BCUT2D eigenvalue weighted by molar-refractivity contribution is 0.0985. The Balaban J connectivity index is 1.27. The lowest BCUT2D eigenvalue weighted by Crippen LogP contribution is -2.41. The normalized spacial score (nSPS) is 16.7. The number of nitrogens with zero attached hydrogens (tertiary/aromatic N) is 6. The van der Waals surface area contributed by atoms with Crippen LogP contribution in [0.3, 0.4) is 0 Å². The van der Waals surface area contributed by atoms with Crippen LogP contribution in [0.15, 0.2) is 36.7 Å². The number of fused-ring (bicyclic) bond motifs is 2. The number of H-pyrrole nitrogens is 1. The van der Waals surface area contributed by atoms with Crippen LogP contribution in [0.1, 0.15) is 52.5 Å². The van der Waals surface area contributed by atoms with Crippen molar-refractivity contribution in [2.24, 2.45) is 0 Å². The summed E-state index contributed by atoms with van der Waals surface area (Å²) in [5.74, 6) is -2.06. The number of aromatic amines is 1. The van der Waals surface area contributed by atoms with Crippen molar-refractivity contribution in [2.75, 3.05) is 45.2 Å². The number of nitrogens with one attached hydrogen (secondary N) is 1. The molecule has 13 heteroatoms. The van der Waals surface area contributed by atoms with Crippen LogP contribution in [-0.4, -0.2) is 87.1 Å². The Labute approximate surface area is 257 Å². The zero-order valence-electron chi connectivity index (χ0n) is 24.8. The first kappa shape index (κ1) is 28.8. The largest absolute Gasteiger partial charge is 0.475 e. The van der Waals surface area contributed by atoms with E-state index in [9.17, 15) is 14.7 Å². The number of benzene rings is 1. The number of aliphatic hydroxyl groups excluding tert-OH is 1. The molecule has 7 rings (SSSR count). The van der Waals surface area contributed by atoms with E-state index in [1.165, 1.54) is 23.4 Å². The molecule has 3 aromatic heterocycles. The smallest absolute Gasteiger partial charge is 0.319 e. The van der Waals surface area contributed by atoms with Crippen molar-refractivity contribution in [1.82, 2.24) is 29.7 Å². The number of rotatable bonds is 5. The van der Waals surface area contributed by atoms with Gasteiger partial charge in [-0.05, 0) is 49.1 Å². The van der Waals surface area contributed by atoms with E-state index in [0.717, 1.165) is 30.2 Å². The van der Waals surface area contributed by atoms with Gasteiger partial charge in [0.15, 0.2) is 0 Å². The van der Waals surface area contributed by atoms with Crippen molar-refractivity contribution < 1.29 is 28.2 Å². The first-order valence-corrected chi connectivity index (χ1v) is 14.8. The van der Waals surface area contributed by atoms with Gasteiger partial charge in [-0.3, -0.25) is 4.79 Å². The van der Waals surface area contributed by atoms with Crippen LogP contribution < -0.4 is 9.64 Å². The highest BCUT2D eigenvalue weighted by atomic mass is 19.1. The highest BCUT2D eigenvalue weighted by Gasteiger charge is 2.34. The zero-order chi connectivity index (χ0) is 31.4. The van der Waals surface area contributed by atoms with Crippen LogP contribution >= 0.6 is 0 Å². The van der Waals surface area contributed by atoms with Gasteiger partial charge in [0.1, 0.15) is 35.8 Å². The predicted molar refractivity (Wildman–Crippen MR) is 162 cm³/mol. The van der Waals surface area contributed by atoms with Gasteiger partial charge in [-0.1, -0.05) is 6.08 Å². The van der Waals surface area contributed by atoms with E-state index >= 15 is 8.78 Å². The second-order valence-electron chi connectivity index (χ2n) is 11.7. The Bertz CT molecular complexity index is 1890. The lowest BCUT2D eigenvalue weighted by atomic mass is 9.98. The molecule has 3 amide bonds. The third-order valence-corrected chi connectivity index (χ3v) is 8.50. The molecule has 232 valence electrons. The number of aromatic nitrogens is 4. The van der Waals surface area contributed by atoms with Crippen LogP contribution in [0.25, 0.3) is 27.9 Å². The summed E-state index contributed by atoms with van der Waals surface area (Å²) in [6, 6.07) is 5.48. The van der Waals surface area contributed by atoms with Crippen molar-refractivity contribution in [3.63, 3.8) is 0 Å². The molecule has 3 aliphatic rings. The number of hydrogen-bond donors (Lipinski definition) is 2. The molecule has 45 heavy (non-hydrogen) atoms. The fourth-order valence-electron chi connectivity index (χ4n) is 6.03. The molecule has 0 spiro atoms. The van der Waals surface area contributed by atoms with Gasteiger partial charge >= 0.3 is 6.03 Å². The molecule has 1 aliphatic carbocycles. The van der Waals surface area contributed by atoms with Crippen LogP contribution in [0.4, 0.5) is 19.3 Å². The molecule has 0 saturated heterocycles. The molecule has 0 unspecified atom stereocenters. The zero-order valence-corrected chi connectivity index (χ0v) is 24.8. The fourth-order valence-corrected chi connectivity index (χ4v) is 6.03. The van der Waals surface area contributed by atoms with Crippen LogP contribution in [0.5, 0.6) is 5.88 Å². The Morgan fingerprint density at radius 1 is 1.16 bits per heavy atom. The molecule has 1 fully saturated rings. The van der Waals surface area contributed by atoms with Gasteiger partial charge in [0, 0.05) is 55.3 Å². The molecule has 0 bridgehead atoms. The number of urea groups is 1. The molecule has 4 aromatic rings. The van der Waals surface area contributed by atoms with Gasteiger partial charge in [-0.25, -0.2) is 28.5 Å². The Morgan fingerprint density at radius 2 is 1.98 bits per heavy atom. The molecule has 2 aliphatic heterocycles. The SMILES string of the molecule is CN(C)C(=O)N1CC=C(c2cc3c(-c4cc(F)cc(N5CCOc6nc(C7CC7)cc(F)c6C5=O)c4CO)ncnc3[nH]2)CC1. The topological polar surface area (TPSA) is 128 Å². The third-order valence-electron chi connectivity index (χ3n) is 8.50. The molecule has 11 nitrogen and oxygen atoms in total. The Hall–Kier alpha value is -4.91. The quantitative estimate of drug-likeness (QED) is 0.339. The number of pyridine rings is 1. The summed E-state index contributed by atoms with van der Waals surface area (Å²) in [4.78, 5) is 47.2. The van der Waals surface area contributed by atoms with E-state index in [2.05, 4.69) is 19.9 Å². The Morgan fingerprint density at radius 3 is 2.69 bits per heavy atom. The maximum atomic E-state index is 15.4. The minimum absolute atomic E-state index is 0.00161. The van der Waals surface area contributed by atoms with Crippen LogP contribution in [-0.2, 0) is 6.61 Å². The fraction of sp³-hybridized carbons (Fsp3) is 0.344. The van der Waals surface area contributed by atoms with Crippen LogP contribution in [0, 0.1) is 11.6 Å². The second kappa shape index (κ2) is 11.2. The van der Waals surface area contributed by atoms with E-state index in [4.69, 9.17) is 4.74 Å². The number of ether oxygens (including phenoxy) is 1. The van der Waals surface area contributed by atoms with Gasteiger partial charge in [0.05, 0.1) is 30.2 Å². The molecular formula is C32H31F2N7O4. The number of amides is 3. The highest BCUT2D eigenvalue weighted by Crippen LogP contribution is 2.42. The standard InChI is InChI=1S/C32H31F2N7O4/c1-39(2)32(44)40-7-5-18(6-8-40)24-13-21-28(35-16-36-29(21)37-24)20-11-19(33)12-26(22(20)15-42)41-9-10-45-30-27(31(41)43)23(34)14-25(38-30)17-3-4-17/h5,11-14,16-17,42H,3-4,6-10,15H2,1-2H3,(H,35,36,37). The summed E-state index contributed by atoms with van der Waals surface area (Å²) < 4.78 is 36.4. The van der Waals surface area contributed by atoms with Gasteiger partial charge in [0.2, 0.25) is 5.88 Å². The first-order valence-electron chi connectivity index (χ1n) is 14.8. The summed E-state index contributed by atoms with van der Waals surface area (Å²) in [6.45, 7) is 0.442. The van der Waals surface area contributed by atoms with Crippen LogP contribution in [0.2, 0.25) is 0 Å². The number of hydrogen-bond acceptors (Lipinski definition) is 7. The molecule has 0 atom stereocenters. The molecule has 1 aromatic carbocycles. The summed E-state index contributed by atoms with van der Waals surface area (Å²) in [6.07, 6.45) is 5.76. The number of anilines is 1. The van der Waals surface area contributed by atoms with Crippen molar-refractivity contribution in [3.8, 4) is 17.1 Å². The first-order chi connectivity index (χ1) is 21.7. The second-order valence-corrected chi connectivity index (χ2v) is 11.7. The Kier molecular flexibility index (Phi) is 7.19. The lowest BCUT2D eigenvalue weighted by Gasteiger charge is -2.28. The van der Waals surface area contributed by atoms with Crippen molar-refractivity contribution >= 4 is 34.2 Å². The molecule has 1 saturated carbocycles. The number of carbonyl (C=O) groups is 2. The van der Waals surface area contributed by atoms with Gasteiger partial charge in [0.25, 0.3) is 5.91 Å². The van der Waals surface area contributed by atoms with Gasteiger partial charge in [-0.2, -0.15) is 0 Å². The maximum Gasteiger partial charge on any atom is 0.319 e. The summed E-state index contributed by atoms with van der Waals surface area (Å²) in [7, 11) is 3.43. The summed E-state index contributed by atoms with van der Waals surface area (Å²) in [5.41, 5.74) is 3.48. The monoisotopic (exact) mass is 615 g/mol. The van der Waals surface area contributed by atoms with Gasteiger partial charge in [-0.15, -0.1) is 0 Å². The van der Waals surface area contributed by atoms with E-state index in [1.54, 1.807) is 23.9 Å². The van der Waals surface area contributed by atoms with Crippen molar-refractivity contribution in [2.45, 2.75) is 31.8 Å². The summed E-state index contributed by atoms with van der Waals surface area (Å²) in [5, 5.41) is 11.2. The predicted octanol–water partition coefficient (Wildman–Crippen LogP) is 4.48. The van der Waals surface area contributed by atoms with Crippen molar-refractivity contribution in [3.05, 3.63) is 70.8 Å². The molecular weight excluding hydrogens is 584 g/mol. The average Bonchev–Trinajstić information content (AvgIpc) is 3.82. The van der Waals surface area contributed by atoms with E-state index in [0.29, 0.717) is 41.9 Å². The average molecular weight is 616 g/mol. The maximum absolute atomic E-state index is 15.4. The number of halogens is 2. The van der Waals surface area contributed by atoms with Crippen molar-refractivity contribution in [1.29, 1.82) is 0 Å². The minimum Gasteiger partial charge on any atom is -0.475 e. The highest BCUT2D eigenvalue weighted by molar-refractivity contribution is 6.09.